The van der Waals surface area contributed by atoms with Crippen LogP contribution in [0.3, 0.4) is 0 Å². The van der Waals surface area contributed by atoms with Gasteiger partial charge in [0.1, 0.15) is 5.76 Å². The monoisotopic (exact) mass is 294 g/mol. The second-order valence-electron chi connectivity index (χ2n) is 4.50. The number of hydrogen-bond donors (Lipinski definition) is 2. The Morgan fingerprint density at radius 1 is 1.41 bits per heavy atom. The van der Waals surface area contributed by atoms with E-state index in [2.05, 4.69) is 9.98 Å². The molecule has 0 atom stereocenters. The number of pyridine rings is 1. The molecule has 0 aliphatic heterocycles. The van der Waals surface area contributed by atoms with E-state index in [9.17, 15) is 0 Å². The number of hydrogen-bond acceptors (Lipinski definition) is 5. The summed E-state index contributed by atoms with van der Waals surface area (Å²) >= 11 is 0. The van der Waals surface area contributed by atoms with Crippen LogP contribution in [0.1, 0.15) is 5.56 Å². The van der Waals surface area contributed by atoms with Crippen LogP contribution >= 0.6 is 0 Å². The number of nitrogens with two attached hydrogens (primary N) is 1. The van der Waals surface area contributed by atoms with Crippen LogP contribution in [0.25, 0.3) is 5.76 Å². The van der Waals surface area contributed by atoms with Gasteiger partial charge in [-0.05, 0) is 36.6 Å². The molecule has 3 N–H and O–H groups in total. The smallest absolute Gasteiger partial charge is 0.137 e. The van der Waals surface area contributed by atoms with Crippen molar-refractivity contribution in [3.63, 3.8) is 0 Å². The lowest BCUT2D eigenvalue weighted by atomic mass is 9.94. The molecule has 0 fully saturated rings. The number of aliphatic imine (C=N–C) groups is 1. The van der Waals surface area contributed by atoms with Gasteiger partial charge in [0, 0.05) is 36.2 Å². The van der Waals surface area contributed by atoms with E-state index in [1.807, 2.05) is 24.3 Å². The van der Waals surface area contributed by atoms with Crippen LogP contribution in [0.2, 0.25) is 0 Å². The number of nitrogens with one attached hydrogen (secondary N) is 1. The summed E-state index contributed by atoms with van der Waals surface area (Å²) in [5, 5.41) is 8.15. The van der Waals surface area contributed by atoms with Gasteiger partial charge in [-0.2, -0.15) is 0 Å². The zero-order valence-corrected chi connectivity index (χ0v) is 12.6. The van der Waals surface area contributed by atoms with Gasteiger partial charge in [-0.3, -0.25) is 9.98 Å². The third kappa shape index (κ3) is 3.20. The molecule has 1 aromatic rings. The van der Waals surface area contributed by atoms with Crippen LogP contribution in [0.15, 0.2) is 71.2 Å². The van der Waals surface area contributed by atoms with E-state index in [0.717, 1.165) is 16.8 Å². The van der Waals surface area contributed by atoms with E-state index in [1.54, 1.807) is 38.7 Å². The molecule has 0 aromatic carbocycles. The van der Waals surface area contributed by atoms with Crippen LogP contribution in [0.5, 0.6) is 0 Å². The van der Waals surface area contributed by atoms with Crippen molar-refractivity contribution in [2.75, 3.05) is 14.2 Å². The zero-order valence-electron chi connectivity index (χ0n) is 12.6. The maximum absolute atomic E-state index is 8.15. The summed E-state index contributed by atoms with van der Waals surface area (Å²) in [7, 11) is 3.29. The summed E-state index contributed by atoms with van der Waals surface area (Å²) in [5.74, 6) is 0.604. The van der Waals surface area contributed by atoms with Crippen LogP contribution in [0.4, 0.5) is 0 Å². The first-order valence-corrected chi connectivity index (χ1v) is 6.74. The SMILES string of the molecule is C/N=C(/C=C\N)C1=C/C(=C(/OC)c2cccnc2)C(=N)C=C1. The molecular formula is C17H18N4O. The molecule has 1 aliphatic rings. The average Bonchev–Trinajstić information content (AvgIpc) is 2.56. The van der Waals surface area contributed by atoms with Gasteiger partial charge in [0.25, 0.3) is 0 Å². The van der Waals surface area contributed by atoms with Gasteiger partial charge in [-0.1, -0.05) is 6.08 Å². The quantitative estimate of drug-likeness (QED) is 0.661. The molecule has 22 heavy (non-hydrogen) atoms. The Balaban J connectivity index is 2.56. The molecule has 5 nitrogen and oxygen atoms in total. The van der Waals surface area contributed by atoms with E-state index < -0.39 is 0 Å². The fourth-order valence-electron chi connectivity index (χ4n) is 2.16. The molecule has 0 bridgehead atoms. The molecule has 1 aliphatic carbocycles. The number of aromatic nitrogens is 1. The summed E-state index contributed by atoms with van der Waals surface area (Å²) in [4.78, 5) is 8.30. The fourth-order valence-corrected chi connectivity index (χ4v) is 2.16. The van der Waals surface area contributed by atoms with Crippen LogP contribution in [-0.4, -0.2) is 30.6 Å². The third-order valence-electron chi connectivity index (χ3n) is 3.18. The molecule has 1 aromatic heterocycles. The maximum atomic E-state index is 8.15. The highest BCUT2D eigenvalue weighted by Gasteiger charge is 2.16. The largest absolute Gasteiger partial charge is 0.495 e. The predicted octanol–water partition coefficient (Wildman–Crippen LogP) is 2.50. The third-order valence-corrected chi connectivity index (χ3v) is 3.18. The molecule has 2 rings (SSSR count). The second-order valence-corrected chi connectivity index (χ2v) is 4.50. The van der Waals surface area contributed by atoms with Gasteiger partial charge in [-0.25, -0.2) is 0 Å². The molecule has 0 unspecified atom stereocenters. The molecule has 0 saturated carbocycles. The lowest BCUT2D eigenvalue weighted by molar-refractivity contribution is 0.368. The van der Waals surface area contributed by atoms with Gasteiger partial charge in [0.15, 0.2) is 0 Å². The van der Waals surface area contributed by atoms with E-state index in [-0.39, 0.29) is 0 Å². The van der Waals surface area contributed by atoms with Gasteiger partial charge >= 0.3 is 0 Å². The Morgan fingerprint density at radius 2 is 2.23 bits per heavy atom. The molecule has 0 saturated heterocycles. The lowest BCUT2D eigenvalue weighted by Crippen LogP contribution is -2.09. The summed E-state index contributed by atoms with van der Waals surface area (Å²) in [6, 6.07) is 3.73. The normalized spacial score (nSPS) is 17.6. The first-order chi connectivity index (χ1) is 10.7. The Labute approximate surface area is 129 Å². The zero-order chi connectivity index (χ0) is 15.9. The topological polar surface area (TPSA) is 84.3 Å². The van der Waals surface area contributed by atoms with E-state index in [4.69, 9.17) is 15.9 Å². The van der Waals surface area contributed by atoms with Crippen LogP contribution < -0.4 is 5.73 Å². The van der Waals surface area contributed by atoms with Crippen molar-refractivity contribution in [2.24, 2.45) is 10.7 Å². The molecule has 0 amide bonds. The standard InChI is InChI=1S/C17H18N4O/c1-20-16(7-8-18)12-5-6-15(19)14(10-12)17(22-2)13-4-3-9-21-11-13/h3-11,19H,18H2,1-2H3/b8-7-,17-14-,19-15?,20-16-. The minimum atomic E-state index is 0.372. The highest BCUT2D eigenvalue weighted by molar-refractivity contribution is 6.19. The second kappa shape index (κ2) is 7.17. The highest BCUT2D eigenvalue weighted by atomic mass is 16.5. The fraction of sp³-hybridized carbons (Fsp3) is 0.118. The van der Waals surface area contributed by atoms with Crippen molar-refractivity contribution in [2.45, 2.75) is 0 Å². The minimum absolute atomic E-state index is 0.372. The maximum Gasteiger partial charge on any atom is 0.137 e. The number of nitrogens with zero attached hydrogens (tertiary/aromatic N) is 2. The van der Waals surface area contributed by atoms with Crippen molar-refractivity contribution >= 4 is 17.2 Å². The number of allylic oxidation sites excluding steroid dienone is 6. The van der Waals surface area contributed by atoms with Gasteiger partial charge in [0.2, 0.25) is 0 Å². The number of methoxy groups -OCH3 is 1. The first kappa shape index (κ1) is 15.4. The van der Waals surface area contributed by atoms with Crippen molar-refractivity contribution in [3.05, 3.63) is 71.7 Å². The Morgan fingerprint density at radius 3 is 2.82 bits per heavy atom. The first-order valence-electron chi connectivity index (χ1n) is 6.74. The average molecular weight is 294 g/mol. The molecule has 0 spiro atoms. The van der Waals surface area contributed by atoms with E-state index in [1.165, 1.54) is 6.20 Å². The van der Waals surface area contributed by atoms with Crippen LogP contribution in [0, 0.1) is 5.41 Å². The highest BCUT2D eigenvalue weighted by Crippen LogP contribution is 2.25. The molecule has 0 radical (unpaired) electrons. The van der Waals surface area contributed by atoms with Crippen molar-refractivity contribution in [1.29, 1.82) is 5.41 Å². The Bertz CT molecular complexity index is 709. The summed E-state index contributed by atoms with van der Waals surface area (Å²) < 4.78 is 5.51. The molecular weight excluding hydrogens is 276 g/mol. The van der Waals surface area contributed by atoms with Gasteiger partial charge < -0.3 is 15.9 Å². The number of ether oxygens (including phenoxy) is 1. The van der Waals surface area contributed by atoms with Crippen molar-refractivity contribution in [1.82, 2.24) is 4.98 Å². The van der Waals surface area contributed by atoms with E-state index >= 15 is 0 Å². The predicted molar refractivity (Wildman–Crippen MR) is 89.8 cm³/mol. The van der Waals surface area contributed by atoms with E-state index in [0.29, 0.717) is 17.0 Å². The minimum Gasteiger partial charge on any atom is -0.495 e. The van der Waals surface area contributed by atoms with Crippen molar-refractivity contribution < 1.29 is 4.74 Å². The Kier molecular flexibility index (Phi) is 5.03. The molecule has 5 heteroatoms. The summed E-state index contributed by atoms with van der Waals surface area (Å²) in [6.07, 6.45) is 12.0. The lowest BCUT2D eigenvalue weighted by Gasteiger charge is -2.15. The van der Waals surface area contributed by atoms with Crippen LogP contribution in [-0.2, 0) is 4.74 Å². The molecule has 112 valence electrons. The van der Waals surface area contributed by atoms with Crippen molar-refractivity contribution in [3.8, 4) is 0 Å². The molecule has 1 heterocycles. The van der Waals surface area contributed by atoms with Gasteiger partial charge in [0.05, 0.1) is 18.5 Å². The number of rotatable bonds is 4. The van der Waals surface area contributed by atoms with Gasteiger partial charge in [-0.15, -0.1) is 0 Å². The Hall–Kier alpha value is -2.95. The summed E-state index contributed by atoms with van der Waals surface area (Å²) in [6.45, 7) is 0. The summed E-state index contributed by atoms with van der Waals surface area (Å²) in [5.41, 5.74) is 8.93.